The molecule has 0 amide bonds. The summed E-state index contributed by atoms with van der Waals surface area (Å²) in [5.41, 5.74) is 8.52. The molecular weight excluding hydrogens is 443 g/mol. The van der Waals surface area contributed by atoms with Gasteiger partial charge in [0.15, 0.2) is 5.11 Å². The number of benzene rings is 3. The Kier molecular flexibility index (Phi) is 5.73. The van der Waals surface area contributed by atoms with Crippen LogP contribution >= 0.6 is 23.8 Å². The molecule has 1 aliphatic rings. The third-order valence-electron chi connectivity index (χ3n) is 5.08. The number of nitrogens with zero attached hydrogens (tertiary/aromatic N) is 1. The SMILES string of the molecule is C/C(=N/NC(=S)Nc1cc(C(F)(F)F)ccc1Cl)c1ccc2c(c1)Cc1ccccc1-2. The number of thiocarbonyl (C=S) groups is 1. The molecule has 0 saturated carbocycles. The number of fused-ring (bicyclic) bond motifs is 3. The quantitative estimate of drug-likeness (QED) is 0.205. The van der Waals surface area contributed by atoms with E-state index in [4.69, 9.17) is 23.8 Å². The third-order valence-corrected chi connectivity index (χ3v) is 5.60. The van der Waals surface area contributed by atoms with Gasteiger partial charge in [0.1, 0.15) is 0 Å². The number of anilines is 1. The van der Waals surface area contributed by atoms with Crippen molar-refractivity contribution in [3.05, 3.63) is 87.9 Å². The molecule has 2 N–H and O–H groups in total. The Morgan fingerprint density at radius 2 is 1.74 bits per heavy atom. The summed E-state index contributed by atoms with van der Waals surface area (Å²) in [6, 6.07) is 17.5. The smallest absolute Gasteiger partial charge is 0.330 e. The molecule has 0 fully saturated rings. The lowest BCUT2D eigenvalue weighted by Crippen LogP contribution is -2.25. The molecule has 0 aromatic heterocycles. The van der Waals surface area contributed by atoms with Gasteiger partial charge in [-0.2, -0.15) is 18.3 Å². The van der Waals surface area contributed by atoms with E-state index in [1.54, 1.807) is 0 Å². The summed E-state index contributed by atoms with van der Waals surface area (Å²) in [4.78, 5) is 0. The maximum Gasteiger partial charge on any atom is 0.416 e. The molecule has 8 heteroatoms. The normalized spacial score (nSPS) is 12.9. The maximum absolute atomic E-state index is 12.9. The topological polar surface area (TPSA) is 36.4 Å². The zero-order chi connectivity index (χ0) is 22.2. The molecule has 0 atom stereocenters. The van der Waals surface area contributed by atoms with E-state index in [0.29, 0.717) is 5.71 Å². The Labute approximate surface area is 187 Å². The highest BCUT2D eigenvalue weighted by atomic mass is 35.5. The first-order valence-corrected chi connectivity index (χ1v) is 10.2. The first-order valence-electron chi connectivity index (χ1n) is 9.42. The van der Waals surface area contributed by atoms with Crippen LogP contribution in [0.3, 0.4) is 0 Å². The molecule has 1 aliphatic carbocycles. The number of hydrogen-bond acceptors (Lipinski definition) is 2. The van der Waals surface area contributed by atoms with Crippen molar-refractivity contribution in [1.29, 1.82) is 0 Å². The van der Waals surface area contributed by atoms with Gasteiger partial charge in [-0.15, -0.1) is 0 Å². The highest BCUT2D eigenvalue weighted by molar-refractivity contribution is 7.80. The van der Waals surface area contributed by atoms with E-state index in [-0.39, 0.29) is 15.8 Å². The van der Waals surface area contributed by atoms with Crippen molar-refractivity contribution in [2.24, 2.45) is 5.10 Å². The van der Waals surface area contributed by atoms with Gasteiger partial charge in [0.25, 0.3) is 0 Å². The lowest BCUT2D eigenvalue weighted by Gasteiger charge is -2.13. The van der Waals surface area contributed by atoms with Crippen LogP contribution in [-0.4, -0.2) is 10.8 Å². The summed E-state index contributed by atoms with van der Waals surface area (Å²) >= 11 is 11.1. The number of hydrazone groups is 1. The van der Waals surface area contributed by atoms with E-state index in [1.807, 2.05) is 25.1 Å². The third kappa shape index (κ3) is 4.57. The number of alkyl halides is 3. The fourth-order valence-corrected chi connectivity index (χ4v) is 3.84. The lowest BCUT2D eigenvalue weighted by molar-refractivity contribution is -0.137. The van der Waals surface area contributed by atoms with Crippen molar-refractivity contribution >= 4 is 40.3 Å². The van der Waals surface area contributed by atoms with E-state index in [1.165, 1.54) is 28.3 Å². The largest absolute Gasteiger partial charge is 0.416 e. The number of halogens is 4. The molecule has 158 valence electrons. The van der Waals surface area contributed by atoms with E-state index in [9.17, 15) is 13.2 Å². The van der Waals surface area contributed by atoms with Crippen molar-refractivity contribution < 1.29 is 13.2 Å². The Balaban J connectivity index is 1.46. The Morgan fingerprint density at radius 1 is 1.00 bits per heavy atom. The van der Waals surface area contributed by atoms with Crippen LogP contribution in [-0.2, 0) is 12.6 Å². The van der Waals surface area contributed by atoms with E-state index < -0.39 is 11.7 Å². The summed E-state index contributed by atoms with van der Waals surface area (Å²) < 4.78 is 38.8. The van der Waals surface area contributed by atoms with E-state index in [0.717, 1.165) is 24.1 Å². The van der Waals surface area contributed by atoms with Crippen LogP contribution in [0.4, 0.5) is 18.9 Å². The molecule has 31 heavy (non-hydrogen) atoms. The second-order valence-corrected chi connectivity index (χ2v) is 7.98. The van der Waals surface area contributed by atoms with Crippen LogP contribution in [0.2, 0.25) is 5.02 Å². The van der Waals surface area contributed by atoms with Crippen LogP contribution in [0.25, 0.3) is 11.1 Å². The minimum Gasteiger partial charge on any atom is -0.330 e. The number of hydrogen-bond donors (Lipinski definition) is 2. The molecule has 3 aromatic rings. The van der Waals surface area contributed by atoms with Crippen LogP contribution < -0.4 is 10.7 Å². The van der Waals surface area contributed by atoms with Crippen molar-refractivity contribution in [2.45, 2.75) is 19.5 Å². The first kappa shape index (κ1) is 21.3. The Bertz CT molecular complexity index is 1200. The van der Waals surface area contributed by atoms with Gasteiger partial charge in [0, 0.05) is 0 Å². The molecule has 0 saturated heterocycles. The summed E-state index contributed by atoms with van der Waals surface area (Å²) in [6.45, 7) is 1.83. The van der Waals surface area contributed by atoms with E-state index in [2.05, 4.69) is 40.1 Å². The average Bonchev–Trinajstić information content (AvgIpc) is 3.10. The fourth-order valence-electron chi connectivity index (χ4n) is 3.52. The van der Waals surface area contributed by atoms with Gasteiger partial charge >= 0.3 is 6.18 Å². The molecule has 3 aromatic carbocycles. The summed E-state index contributed by atoms with van der Waals surface area (Å²) in [7, 11) is 0. The van der Waals surface area contributed by atoms with Gasteiger partial charge in [-0.05, 0) is 77.6 Å². The second kappa shape index (κ2) is 8.32. The molecule has 0 heterocycles. The minimum absolute atomic E-state index is 0.0362. The van der Waals surface area contributed by atoms with Crippen molar-refractivity contribution in [2.75, 3.05) is 5.32 Å². The standard InChI is InChI=1S/C23H17ClF3N3S/c1-13(14-6-8-19-16(10-14)11-15-4-2-3-5-18(15)19)29-30-22(31)28-21-12-17(23(25,26)27)7-9-20(21)24/h2-10,12H,11H2,1H3,(H2,28,30,31)/b29-13-. The van der Waals surface area contributed by atoms with E-state index >= 15 is 0 Å². The van der Waals surface area contributed by atoms with Crippen LogP contribution in [0.15, 0.2) is 65.8 Å². The molecule has 0 radical (unpaired) electrons. The fraction of sp³-hybridized carbons (Fsp3) is 0.130. The zero-order valence-corrected chi connectivity index (χ0v) is 17.9. The van der Waals surface area contributed by atoms with Crippen molar-refractivity contribution in [3.63, 3.8) is 0 Å². The van der Waals surface area contributed by atoms with Gasteiger partial charge in [-0.1, -0.05) is 48.0 Å². The van der Waals surface area contributed by atoms with Gasteiger partial charge in [-0.3, -0.25) is 5.43 Å². The van der Waals surface area contributed by atoms with Gasteiger partial charge < -0.3 is 5.32 Å². The van der Waals surface area contributed by atoms with Crippen molar-refractivity contribution in [1.82, 2.24) is 5.43 Å². The van der Waals surface area contributed by atoms with Crippen LogP contribution in [0.1, 0.15) is 29.2 Å². The minimum atomic E-state index is -4.47. The maximum atomic E-state index is 12.9. The van der Waals surface area contributed by atoms with Gasteiger partial charge in [-0.25, -0.2) is 0 Å². The predicted octanol–water partition coefficient (Wildman–Crippen LogP) is 6.64. The van der Waals surface area contributed by atoms with Crippen LogP contribution in [0.5, 0.6) is 0 Å². The second-order valence-electron chi connectivity index (χ2n) is 7.16. The highest BCUT2D eigenvalue weighted by Gasteiger charge is 2.31. The Morgan fingerprint density at radius 3 is 2.52 bits per heavy atom. The van der Waals surface area contributed by atoms with Crippen LogP contribution in [0, 0.1) is 0 Å². The number of rotatable bonds is 3. The molecule has 4 rings (SSSR count). The molecule has 3 nitrogen and oxygen atoms in total. The summed E-state index contributed by atoms with van der Waals surface area (Å²) in [5.74, 6) is 0. The van der Waals surface area contributed by atoms with Gasteiger partial charge in [0.05, 0.1) is 22.0 Å². The molecular formula is C23H17ClF3N3S. The molecule has 0 unspecified atom stereocenters. The molecule has 0 bridgehead atoms. The molecule has 0 spiro atoms. The monoisotopic (exact) mass is 459 g/mol. The molecule has 0 aliphatic heterocycles. The number of nitrogens with one attached hydrogen (secondary N) is 2. The predicted molar refractivity (Wildman–Crippen MR) is 123 cm³/mol. The summed E-state index contributed by atoms with van der Waals surface area (Å²) in [5, 5.41) is 7.09. The van der Waals surface area contributed by atoms with Crippen molar-refractivity contribution in [3.8, 4) is 11.1 Å². The highest BCUT2D eigenvalue weighted by Crippen LogP contribution is 2.37. The van der Waals surface area contributed by atoms with Gasteiger partial charge in [0.2, 0.25) is 0 Å². The lowest BCUT2D eigenvalue weighted by atomic mass is 10.0. The first-order chi connectivity index (χ1) is 14.7. The summed E-state index contributed by atoms with van der Waals surface area (Å²) in [6.07, 6.45) is -3.61. The average molecular weight is 460 g/mol. The zero-order valence-electron chi connectivity index (χ0n) is 16.3. The Hall–Kier alpha value is -2.90.